The lowest BCUT2D eigenvalue weighted by Gasteiger charge is -2.24. The molecule has 0 saturated heterocycles. The minimum atomic E-state index is 0.283. The van der Waals surface area contributed by atoms with Crippen LogP contribution in [0.5, 0.6) is 23.0 Å². The van der Waals surface area contributed by atoms with Gasteiger partial charge in [0.1, 0.15) is 5.82 Å². The van der Waals surface area contributed by atoms with E-state index in [9.17, 15) is 0 Å². The highest BCUT2D eigenvalue weighted by Gasteiger charge is 2.19. The molecule has 2 aliphatic rings. The van der Waals surface area contributed by atoms with Gasteiger partial charge in [-0.05, 0) is 48.2 Å². The topological polar surface area (TPSA) is 58.0 Å². The first-order valence-electron chi connectivity index (χ1n) is 13.4. The average Bonchev–Trinajstić information content (AvgIpc) is 3.70. The van der Waals surface area contributed by atoms with Gasteiger partial charge >= 0.3 is 0 Å². The number of benzene rings is 3. The van der Waals surface area contributed by atoms with E-state index in [1.165, 1.54) is 16.8 Å². The maximum Gasteiger partial charge on any atom is 0.231 e. The molecule has 0 bridgehead atoms. The summed E-state index contributed by atoms with van der Waals surface area (Å²) in [4.78, 5) is 7.36. The molecule has 4 aromatic rings. The van der Waals surface area contributed by atoms with Gasteiger partial charge in [-0.3, -0.25) is 4.90 Å². The molecule has 3 heterocycles. The van der Waals surface area contributed by atoms with Crippen molar-refractivity contribution in [1.82, 2.24) is 14.5 Å². The normalized spacial score (nSPS) is 13.4. The van der Waals surface area contributed by atoms with Crippen molar-refractivity contribution in [3.63, 3.8) is 0 Å². The summed E-state index contributed by atoms with van der Waals surface area (Å²) in [7, 11) is 0. The molecule has 0 amide bonds. The molecule has 2 aliphatic heterocycles. The van der Waals surface area contributed by atoms with Crippen LogP contribution >= 0.6 is 0 Å². The van der Waals surface area contributed by atoms with E-state index in [1.807, 2.05) is 24.4 Å². The van der Waals surface area contributed by atoms with E-state index < -0.39 is 0 Å². The molecule has 3 aromatic carbocycles. The second kappa shape index (κ2) is 11.2. The van der Waals surface area contributed by atoms with Gasteiger partial charge in [-0.1, -0.05) is 55.8 Å². The zero-order valence-corrected chi connectivity index (χ0v) is 21.8. The van der Waals surface area contributed by atoms with Crippen LogP contribution in [-0.4, -0.2) is 34.6 Å². The fourth-order valence-electron chi connectivity index (χ4n) is 5.04. The molecule has 38 heavy (non-hydrogen) atoms. The molecule has 7 nitrogen and oxygen atoms in total. The van der Waals surface area contributed by atoms with Crippen LogP contribution < -0.4 is 18.9 Å². The predicted octanol–water partition coefficient (Wildman–Crippen LogP) is 6.05. The Morgan fingerprint density at radius 2 is 1.47 bits per heavy atom. The summed E-state index contributed by atoms with van der Waals surface area (Å²) < 4.78 is 24.7. The van der Waals surface area contributed by atoms with E-state index >= 15 is 0 Å². The summed E-state index contributed by atoms with van der Waals surface area (Å²) in [6.45, 7) is 6.23. The molecule has 0 spiro atoms. The smallest absolute Gasteiger partial charge is 0.231 e. The molecule has 7 heteroatoms. The predicted molar refractivity (Wildman–Crippen MR) is 146 cm³/mol. The first-order chi connectivity index (χ1) is 18.8. The second-order valence-electron chi connectivity index (χ2n) is 9.78. The van der Waals surface area contributed by atoms with E-state index in [4.69, 9.17) is 23.9 Å². The summed E-state index contributed by atoms with van der Waals surface area (Å²) in [6.07, 6.45) is 5.19. The zero-order valence-electron chi connectivity index (χ0n) is 21.8. The Labute approximate surface area is 223 Å². The molecule has 196 valence electrons. The molecule has 0 unspecified atom stereocenters. The molecule has 0 radical (unpaired) electrons. The number of unbranched alkanes of at least 4 members (excludes halogenated alkanes) is 1. The fraction of sp³-hybridized carbons (Fsp3) is 0.323. The highest BCUT2D eigenvalue weighted by Crippen LogP contribution is 2.34. The van der Waals surface area contributed by atoms with E-state index in [1.54, 1.807) is 0 Å². The van der Waals surface area contributed by atoms with Gasteiger partial charge < -0.3 is 23.5 Å². The third-order valence-electron chi connectivity index (χ3n) is 7.09. The van der Waals surface area contributed by atoms with Crippen LogP contribution in [0.2, 0.25) is 0 Å². The van der Waals surface area contributed by atoms with Crippen LogP contribution in [-0.2, 0) is 26.1 Å². The zero-order chi connectivity index (χ0) is 25.7. The highest BCUT2D eigenvalue weighted by atomic mass is 16.7. The quantitative estimate of drug-likeness (QED) is 0.244. The number of nitrogens with zero attached hydrogens (tertiary/aromatic N) is 3. The van der Waals surface area contributed by atoms with E-state index in [0.29, 0.717) is 6.79 Å². The van der Waals surface area contributed by atoms with Gasteiger partial charge in [0.05, 0.1) is 11.9 Å². The Morgan fingerprint density at radius 1 is 0.789 bits per heavy atom. The highest BCUT2D eigenvalue weighted by molar-refractivity contribution is 5.56. The molecule has 0 fully saturated rings. The molecular formula is C31H33N3O4. The molecular weight excluding hydrogens is 478 g/mol. The Bertz CT molecular complexity index is 1390. The fourth-order valence-corrected chi connectivity index (χ4v) is 5.04. The molecule has 0 saturated carbocycles. The molecule has 0 N–H and O–H groups in total. The van der Waals surface area contributed by atoms with Crippen LogP contribution in [0, 0.1) is 0 Å². The largest absolute Gasteiger partial charge is 0.454 e. The van der Waals surface area contributed by atoms with Crippen molar-refractivity contribution in [2.75, 3.05) is 20.1 Å². The number of hydrogen-bond acceptors (Lipinski definition) is 6. The first kappa shape index (κ1) is 24.4. The Kier molecular flexibility index (Phi) is 7.18. The first-order valence-corrected chi connectivity index (χ1v) is 13.4. The third-order valence-corrected chi connectivity index (χ3v) is 7.09. The van der Waals surface area contributed by atoms with Crippen molar-refractivity contribution < 1.29 is 18.9 Å². The third kappa shape index (κ3) is 5.34. The number of ether oxygens (including phenoxy) is 4. The molecule has 1 aromatic heterocycles. The summed E-state index contributed by atoms with van der Waals surface area (Å²) in [6, 6.07) is 22.9. The van der Waals surface area contributed by atoms with Crippen LogP contribution in [0.15, 0.2) is 72.9 Å². The van der Waals surface area contributed by atoms with Crippen LogP contribution in [0.3, 0.4) is 0 Å². The molecule has 0 atom stereocenters. The van der Waals surface area contributed by atoms with Gasteiger partial charge in [0.15, 0.2) is 23.0 Å². The van der Waals surface area contributed by atoms with E-state index in [-0.39, 0.29) is 6.79 Å². The van der Waals surface area contributed by atoms with Crippen molar-refractivity contribution in [3.8, 4) is 34.4 Å². The Morgan fingerprint density at radius 3 is 2.21 bits per heavy atom. The standard InChI is InChI=1S/C31H33N3O4/c1-2-3-14-34-26(18-32-31(34)25-7-5-4-6-8-25)20-33(19-24-10-12-28-30(17-24)38-22-36-28)15-13-23-9-11-27-29(16-23)37-21-35-27/h4-12,16-18H,2-3,13-15,19-22H2,1H3. The lowest BCUT2D eigenvalue weighted by atomic mass is 10.1. The summed E-state index contributed by atoms with van der Waals surface area (Å²) in [5.41, 5.74) is 4.80. The van der Waals surface area contributed by atoms with Gasteiger partial charge in [0.2, 0.25) is 13.6 Å². The van der Waals surface area contributed by atoms with Gasteiger partial charge in [-0.2, -0.15) is 0 Å². The lowest BCUT2D eigenvalue weighted by Crippen LogP contribution is -2.27. The maximum atomic E-state index is 5.65. The van der Waals surface area contributed by atoms with Crippen molar-refractivity contribution in [2.45, 2.75) is 45.8 Å². The van der Waals surface area contributed by atoms with Crippen molar-refractivity contribution in [1.29, 1.82) is 0 Å². The van der Waals surface area contributed by atoms with Gasteiger partial charge in [0.25, 0.3) is 0 Å². The SMILES string of the molecule is CCCCn1c(CN(CCc2ccc3c(c2)OCO3)Cc2ccc3c(c2)OCO3)cnc1-c1ccccc1. The van der Waals surface area contributed by atoms with Crippen LogP contribution in [0.4, 0.5) is 0 Å². The van der Waals surface area contributed by atoms with E-state index in [0.717, 1.165) is 79.8 Å². The van der Waals surface area contributed by atoms with Crippen LogP contribution in [0.1, 0.15) is 36.6 Å². The molecule has 0 aliphatic carbocycles. The Balaban J connectivity index is 1.26. The number of fused-ring (bicyclic) bond motifs is 2. The number of hydrogen-bond donors (Lipinski definition) is 0. The van der Waals surface area contributed by atoms with Gasteiger partial charge in [-0.15, -0.1) is 0 Å². The monoisotopic (exact) mass is 511 g/mol. The number of imidazole rings is 1. The Hall–Kier alpha value is -3.97. The minimum Gasteiger partial charge on any atom is -0.454 e. The van der Waals surface area contributed by atoms with Crippen molar-refractivity contribution in [3.05, 3.63) is 89.7 Å². The number of aromatic nitrogens is 2. The second-order valence-corrected chi connectivity index (χ2v) is 9.78. The maximum absolute atomic E-state index is 5.65. The van der Waals surface area contributed by atoms with Crippen LogP contribution in [0.25, 0.3) is 11.4 Å². The van der Waals surface area contributed by atoms with Gasteiger partial charge in [-0.25, -0.2) is 4.98 Å². The van der Waals surface area contributed by atoms with Gasteiger partial charge in [0, 0.05) is 31.7 Å². The van der Waals surface area contributed by atoms with E-state index in [2.05, 4.69) is 64.9 Å². The number of rotatable bonds is 11. The van der Waals surface area contributed by atoms with Crippen molar-refractivity contribution >= 4 is 0 Å². The lowest BCUT2D eigenvalue weighted by molar-refractivity contribution is 0.173. The summed E-state index contributed by atoms with van der Waals surface area (Å²) >= 11 is 0. The van der Waals surface area contributed by atoms with Crippen molar-refractivity contribution in [2.24, 2.45) is 0 Å². The minimum absolute atomic E-state index is 0.283. The average molecular weight is 512 g/mol. The molecule has 6 rings (SSSR count). The summed E-state index contributed by atoms with van der Waals surface area (Å²) in [5.74, 6) is 4.31. The summed E-state index contributed by atoms with van der Waals surface area (Å²) in [5, 5.41) is 0.